The van der Waals surface area contributed by atoms with Crippen LogP contribution in [0.25, 0.3) is 0 Å². The second kappa shape index (κ2) is 10.9. The molecule has 0 fully saturated rings. The van der Waals surface area contributed by atoms with Gasteiger partial charge in [0, 0.05) is 23.9 Å². The van der Waals surface area contributed by atoms with E-state index in [0.29, 0.717) is 49.2 Å². The molecule has 0 spiro atoms. The minimum Gasteiger partial charge on any atom is -0.491 e. The fourth-order valence-electron chi connectivity index (χ4n) is 2.67. The van der Waals surface area contributed by atoms with E-state index in [4.69, 9.17) is 14.2 Å². The minimum absolute atomic E-state index is 0.189. The molecule has 3 aromatic rings. The number of carbonyl (C=O) groups is 1. The Morgan fingerprint density at radius 1 is 0.828 bits per heavy atom. The molecule has 1 N–H and O–H groups in total. The van der Waals surface area contributed by atoms with Crippen molar-refractivity contribution >= 4 is 11.6 Å². The fourth-order valence-corrected chi connectivity index (χ4v) is 2.67. The van der Waals surface area contributed by atoms with Crippen molar-refractivity contribution in [3.8, 4) is 11.5 Å². The molecule has 29 heavy (non-hydrogen) atoms. The van der Waals surface area contributed by atoms with Crippen LogP contribution in [-0.4, -0.2) is 25.7 Å². The Hall–Kier alpha value is -3.31. The van der Waals surface area contributed by atoms with Crippen LogP contribution in [-0.2, 0) is 11.3 Å². The summed E-state index contributed by atoms with van der Waals surface area (Å²) in [4.78, 5) is 12.5. The van der Waals surface area contributed by atoms with E-state index in [2.05, 4.69) is 5.32 Å². The lowest BCUT2D eigenvalue weighted by Gasteiger charge is -2.10. The molecular formula is C24H25NO4. The maximum Gasteiger partial charge on any atom is 0.255 e. The van der Waals surface area contributed by atoms with Crippen LogP contribution in [0.2, 0.25) is 0 Å². The average molecular weight is 391 g/mol. The topological polar surface area (TPSA) is 56.8 Å². The van der Waals surface area contributed by atoms with E-state index < -0.39 is 0 Å². The van der Waals surface area contributed by atoms with E-state index in [1.165, 1.54) is 0 Å². The molecule has 5 nitrogen and oxygen atoms in total. The Kier molecular flexibility index (Phi) is 7.66. The van der Waals surface area contributed by atoms with Gasteiger partial charge in [0.25, 0.3) is 5.91 Å². The van der Waals surface area contributed by atoms with Crippen molar-refractivity contribution in [2.24, 2.45) is 0 Å². The lowest BCUT2D eigenvalue weighted by atomic mass is 10.2. The third kappa shape index (κ3) is 6.66. The van der Waals surface area contributed by atoms with Gasteiger partial charge in [-0.1, -0.05) is 36.4 Å². The maximum absolute atomic E-state index is 12.5. The van der Waals surface area contributed by atoms with Gasteiger partial charge >= 0.3 is 0 Å². The molecule has 0 saturated carbocycles. The second-order valence-electron chi connectivity index (χ2n) is 6.33. The van der Waals surface area contributed by atoms with E-state index >= 15 is 0 Å². The average Bonchev–Trinajstić information content (AvgIpc) is 2.77. The second-order valence-corrected chi connectivity index (χ2v) is 6.33. The molecule has 1 amide bonds. The third-order valence-electron chi connectivity index (χ3n) is 4.16. The summed E-state index contributed by atoms with van der Waals surface area (Å²) < 4.78 is 16.6. The number of rotatable bonds is 10. The molecule has 0 aliphatic heterocycles. The predicted molar refractivity (Wildman–Crippen MR) is 114 cm³/mol. The van der Waals surface area contributed by atoms with E-state index in [-0.39, 0.29) is 5.91 Å². The molecule has 3 aromatic carbocycles. The highest BCUT2D eigenvalue weighted by Crippen LogP contribution is 2.20. The predicted octanol–water partition coefficient (Wildman–Crippen LogP) is 4.93. The Balaban J connectivity index is 1.53. The summed E-state index contributed by atoms with van der Waals surface area (Å²) in [6.45, 7) is 4.11. The van der Waals surface area contributed by atoms with Crippen molar-refractivity contribution in [3.05, 3.63) is 90.0 Å². The normalized spacial score (nSPS) is 10.4. The van der Waals surface area contributed by atoms with Gasteiger partial charge in [-0.15, -0.1) is 0 Å². The zero-order chi connectivity index (χ0) is 20.3. The number of hydrogen-bond acceptors (Lipinski definition) is 4. The van der Waals surface area contributed by atoms with Gasteiger partial charge in [0.05, 0.1) is 6.61 Å². The molecular weight excluding hydrogens is 366 g/mol. The van der Waals surface area contributed by atoms with Gasteiger partial charge in [-0.3, -0.25) is 4.79 Å². The minimum atomic E-state index is -0.189. The van der Waals surface area contributed by atoms with E-state index in [1.54, 1.807) is 24.3 Å². The van der Waals surface area contributed by atoms with Crippen LogP contribution in [0.15, 0.2) is 78.9 Å². The number of nitrogens with one attached hydrogen (secondary N) is 1. The van der Waals surface area contributed by atoms with E-state index in [1.807, 2.05) is 61.5 Å². The Labute approximate surface area is 171 Å². The highest BCUT2D eigenvalue weighted by Gasteiger charge is 2.07. The van der Waals surface area contributed by atoms with E-state index in [0.717, 1.165) is 5.56 Å². The van der Waals surface area contributed by atoms with Gasteiger partial charge in [-0.2, -0.15) is 0 Å². The molecule has 0 unspecified atom stereocenters. The monoisotopic (exact) mass is 391 g/mol. The van der Waals surface area contributed by atoms with Crippen LogP contribution in [0, 0.1) is 0 Å². The van der Waals surface area contributed by atoms with Gasteiger partial charge in [0.2, 0.25) is 0 Å². The molecule has 0 aliphatic rings. The first-order valence-corrected chi connectivity index (χ1v) is 9.63. The van der Waals surface area contributed by atoms with Crippen molar-refractivity contribution in [1.82, 2.24) is 0 Å². The highest BCUT2D eigenvalue weighted by molar-refractivity contribution is 6.04. The number of amides is 1. The quantitative estimate of drug-likeness (QED) is 0.498. The van der Waals surface area contributed by atoms with Gasteiger partial charge in [0.1, 0.15) is 24.7 Å². The molecule has 0 saturated heterocycles. The first-order chi connectivity index (χ1) is 14.2. The number of hydrogen-bond donors (Lipinski definition) is 1. The van der Waals surface area contributed by atoms with Crippen LogP contribution in [0.1, 0.15) is 22.8 Å². The molecule has 0 heterocycles. The van der Waals surface area contributed by atoms with Crippen molar-refractivity contribution in [3.63, 3.8) is 0 Å². The van der Waals surface area contributed by atoms with Crippen LogP contribution in [0.4, 0.5) is 5.69 Å². The summed E-state index contributed by atoms with van der Waals surface area (Å²) in [7, 11) is 0. The first kappa shape index (κ1) is 20.4. The lowest BCUT2D eigenvalue weighted by molar-refractivity contribution is 0.102. The third-order valence-corrected chi connectivity index (χ3v) is 4.16. The van der Waals surface area contributed by atoms with E-state index in [9.17, 15) is 4.79 Å². The van der Waals surface area contributed by atoms with Crippen LogP contribution in [0.5, 0.6) is 11.5 Å². The summed E-state index contributed by atoms with van der Waals surface area (Å²) in [6.07, 6.45) is 0. The molecule has 3 rings (SSSR count). The SMILES string of the molecule is CCOCCOc1ccc(C(=O)Nc2cccc(OCc3ccccc3)c2)cc1. The summed E-state index contributed by atoms with van der Waals surface area (Å²) in [5.41, 5.74) is 2.32. The molecule has 150 valence electrons. The first-order valence-electron chi connectivity index (χ1n) is 9.63. The van der Waals surface area contributed by atoms with Crippen LogP contribution >= 0.6 is 0 Å². The summed E-state index contributed by atoms with van der Waals surface area (Å²) >= 11 is 0. The summed E-state index contributed by atoms with van der Waals surface area (Å²) in [5.74, 6) is 1.22. The molecule has 0 bridgehead atoms. The summed E-state index contributed by atoms with van der Waals surface area (Å²) in [5, 5.41) is 2.90. The molecule has 0 atom stereocenters. The number of ether oxygens (including phenoxy) is 3. The number of carbonyl (C=O) groups excluding carboxylic acids is 1. The van der Waals surface area contributed by atoms with Gasteiger partial charge in [0.15, 0.2) is 0 Å². The summed E-state index contributed by atoms with van der Waals surface area (Å²) in [6, 6.07) is 24.3. The van der Waals surface area contributed by atoms with Crippen molar-refractivity contribution in [2.45, 2.75) is 13.5 Å². The highest BCUT2D eigenvalue weighted by atomic mass is 16.5. The van der Waals surface area contributed by atoms with Gasteiger partial charge in [-0.05, 0) is 48.9 Å². The Morgan fingerprint density at radius 2 is 1.62 bits per heavy atom. The standard InChI is InChI=1S/C24H25NO4/c1-2-27-15-16-28-22-13-11-20(12-14-22)24(26)25-21-9-6-10-23(17-21)29-18-19-7-4-3-5-8-19/h3-14,17H,2,15-16,18H2,1H3,(H,25,26). The smallest absolute Gasteiger partial charge is 0.255 e. The van der Waals surface area contributed by atoms with Crippen molar-refractivity contribution in [1.29, 1.82) is 0 Å². The molecule has 0 radical (unpaired) electrons. The van der Waals surface area contributed by atoms with Gasteiger partial charge < -0.3 is 19.5 Å². The largest absolute Gasteiger partial charge is 0.491 e. The molecule has 0 aromatic heterocycles. The number of anilines is 1. The Morgan fingerprint density at radius 3 is 2.38 bits per heavy atom. The van der Waals surface area contributed by atoms with Crippen LogP contribution in [0.3, 0.4) is 0 Å². The van der Waals surface area contributed by atoms with Crippen molar-refractivity contribution < 1.29 is 19.0 Å². The van der Waals surface area contributed by atoms with Crippen molar-refractivity contribution in [2.75, 3.05) is 25.1 Å². The van der Waals surface area contributed by atoms with Crippen LogP contribution < -0.4 is 14.8 Å². The molecule has 0 aliphatic carbocycles. The molecule has 5 heteroatoms. The Bertz CT molecular complexity index is 894. The maximum atomic E-state index is 12.5. The van der Waals surface area contributed by atoms with Gasteiger partial charge in [-0.25, -0.2) is 0 Å². The zero-order valence-electron chi connectivity index (χ0n) is 16.5. The number of benzene rings is 3. The lowest BCUT2D eigenvalue weighted by Crippen LogP contribution is -2.12. The fraction of sp³-hybridized carbons (Fsp3) is 0.208. The zero-order valence-corrected chi connectivity index (χ0v) is 16.5.